The Hall–Kier alpha value is -1.85. The van der Waals surface area contributed by atoms with Gasteiger partial charge in [0.25, 0.3) is 0 Å². The first kappa shape index (κ1) is 16.0. The van der Waals surface area contributed by atoms with E-state index in [-0.39, 0.29) is 0 Å². The Kier molecular flexibility index (Phi) is 4.98. The molecule has 124 valence electrons. The lowest BCUT2D eigenvalue weighted by Gasteiger charge is -2.24. The van der Waals surface area contributed by atoms with E-state index in [9.17, 15) is 0 Å². The molecule has 3 rings (SSSR count). The maximum absolute atomic E-state index is 5.81. The van der Waals surface area contributed by atoms with Gasteiger partial charge in [0, 0.05) is 37.7 Å². The van der Waals surface area contributed by atoms with E-state index in [1.807, 2.05) is 26.1 Å². The Morgan fingerprint density at radius 1 is 1.39 bits per heavy atom. The van der Waals surface area contributed by atoms with E-state index in [0.717, 1.165) is 56.3 Å². The summed E-state index contributed by atoms with van der Waals surface area (Å²) in [5.74, 6) is 1.95. The zero-order valence-corrected chi connectivity index (χ0v) is 14.0. The quantitative estimate of drug-likeness (QED) is 0.785. The molecular weight excluding hydrogens is 290 g/mol. The lowest BCUT2D eigenvalue weighted by Crippen LogP contribution is -2.31. The van der Waals surface area contributed by atoms with Crippen molar-refractivity contribution >= 4 is 6.20 Å². The molecule has 0 aliphatic carbocycles. The van der Waals surface area contributed by atoms with E-state index in [1.165, 1.54) is 5.56 Å². The minimum absolute atomic E-state index is 0.320. The van der Waals surface area contributed by atoms with E-state index in [2.05, 4.69) is 22.6 Å². The molecule has 0 spiro atoms. The highest BCUT2D eigenvalue weighted by atomic mass is 16.5. The van der Waals surface area contributed by atoms with Crippen LogP contribution in [0.5, 0.6) is 0 Å². The number of nitrogens with zero attached hydrogens (tertiary/aromatic N) is 3. The van der Waals surface area contributed by atoms with Crippen LogP contribution in [-0.4, -0.2) is 33.9 Å². The predicted molar refractivity (Wildman–Crippen MR) is 89.9 cm³/mol. The lowest BCUT2D eigenvalue weighted by molar-refractivity contribution is 0.0653. The third-order valence-electron chi connectivity index (χ3n) is 4.26. The van der Waals surface area contributed by atoms with Gasteiger partial charge in [-0.2, -0.15) is 5.10 Å². The SMILES string of the molecule is C=Cn1cc(CN(Cc2ccc(C)o2)CC2CCCO2)c(C)n1. The molecule has 0 bridgehead atoms. The third-order valence-corrected chi connectivity index (χ3v) is 4.26. The van der Waals surface area contributed by atoms with E-state index in [4.69, 9.17) is 9.15 Å². The molecule has 1 aliphatic rings. The second-order valence-corrected chi connectivity index (χ2v) is 6.22. The monoisotopic (exact) mass is 315 g/mol. The fourth-order valence-corrected chi connectivity index (χ4v) is 3.06. The Morgan fingerprint density at radius 2 is 2.26 bits per heavy atom. The molecule has 0 amide bonds. The minimum atomic E-state index is 0.320. The van der Waals surface area contributed by atoms with E-state index in [0.29, 0.717) is 6.10 Å². The largest absolute Gasteiger partial charge is 0.465 e. The normalized spacial score (nSPS) is 18.0. The minimum Gasteiger partial charge on any atom is -0.465 e. The maximum atomic E-state index is 5.81. The van der Waals surface area contributed by atoms with Crippen molar-refractivity contribution in [1.29, 1.82) is 0 Å². The zero-order valence-electron chi connectivity index (χ0n) is 14.0. The number of rotatable bonds is 7. The molecule has 5 nitrogen and oxygen atoms in total. The van der Waals surface area contributed by atoms with E-state index >= 15 is 0 Å². The number of ether oxygens (including phenoxy) is 1. The summed E-state index contributed by atoms with van der Waals surface area (Å²) in [4.78, 5) is 2.38. The summed E-state index contributed by atoms with van der Waals surface area (Å²) in [5, 5.41) is 4.44. The summed E-state index contributed by atoms with van der Waals surface area (Å²) in [6.07, 6.45) is 6.38. The average molecular weight is 315 g/mol. The second kappa shape index (κ2) is 7.15. The Balaban J connectivity index is 1.72. The van der Waals surface area contributed by atoms with Gasteiger partial charge < -0.3 is 9.15 Å². The first-order valence-electron chi connectivity index (χ1n) is 8.20. The fourth-order valence-electron chi connectivity index (χ4n) is 3.06. The molecule has 0 N–H and O–H groups in total. The Labute approximate surface area is 137 Å². The van der Waals surface area contributed by atoms with Crippen LogP contribution in [0, 0.1) is 13.8 Å². The van der Waals surface area contributed by atoms with Crippen molar-refractivity contribution in [3.63, 3.8) is 0 Å². The van der Waals surface area contributed by atoms with E-state index in [1.54, 1.807) is 10.9 Å². The summed E-state index contributed by atoms with van der Waals surface area (Å²) in [7, 11) is 0. The highest BCUT2D eigenvalue weighted by Gasteiger charge is 2.21. The van der Waals surface area contributed by atoms with Crippen molar-refractivity contribution in [2.24, 2.45) is 0 Å². The predicted octanol–water partition coefficient (Wildman–Crippen LogP) is 3.37. The van der Waals surface area contributed by atoms with Gasteiger partial charge in [-0.1, -0.05) is 6.58 Å². The van der Waals surface area contributed by atoms with Crippen LogP contribution < -0.4 is 0 Å². The smallest absolute Gasteiger partial charge is 0.118 e. The number of hydrogen-bond acceptors (Lipinski definition) is 4. The highest BCUT2D eigenvalue weighted by Crippen LogP contribution is 2.19. The number of aromatic nitrogens is 2. The van der Waals surface area contributed by atoms with Gasteiger partial charge >= 0.3 is 0 Å². The lowest BCUT2D eigenvalue weighted by atomic mass is 10.2. The van der Waals surface area contributed by atoms with Crippen LogP contribution in [0.25, 0.3) is 6.20 Å². The van der Waals surface area contributed by atoms with Gasteiger partial charge in [-0.05, 0) is 38.8 Å². The molecular formula is C18H25N3O2. The van der Waals surface area contributed by atoms with Gasteiger partial charge in [0.05, 0.1) is 18.3 Å². The average Bonchev–Trinajstić information content (AvgIpc) is 3.23. The summed E-state index contributed by atoms with van der Waals surface area (Å²) in [6.45, 7) is 11.2. The molecule has 1 atom stereocenters. The molecule has 5 heteroatoms. The second-order valence-electron chi connectivity index (χ2n) is 6.22. The molecule has 3 heterocycles. The molecule has 23 heavy (non-hydrogen) atoms. The first-order valence-corrected chi connectivity index (χ1v) is 8.20. The van der Waals surface area contributed by atoms with Crippen LogP contribution in [0.4, 0.5) is 0 Å². The zero-order chi connectivity index (χ0) is 16.2. The Morgan fingerprint density at radius 3 is 2.87 bits per heavy atom. The molecule has 2 aromatic rings. The van der Waals surface area contributed by atoms with Gasteiger partial charge in [0.15, 0.2) is 0 Å². The van der Waals surface area contributed by atoms with Crippen LogP contribution in [0.2, 0.25) is 0 Å². The van der Waals surface area contributed by atoms with Gasteiger partial charge in [0.2, 0.25) is 0 Å². The van der Waals surface area contributed by atoms with Crippen molar-refractivity contribution < 1.29 is 9.15 Å². The topological polar surface area (TPSA) is 43.4 Å². The van der Waals surface area contributed by atoms with Crippen molar-refractivity contribution in [3.05, 3.63) is 47.7 Å². The van der Waals surface area contributed by atoms with Crippen LogP contribution in [-0.2, 0) is 17.8 Å². The summed E-state index contributed by atoms with van der Waals surface area (Å²) >= 11 is 0. The van der Waals surface area contributed by atoms with Gasteiger partial charge in [-0.25, -0.2) is 4.68 Å². The van der Waals surface area contributed by atoms with Crippen molar-refractivity contribution in [1.82, 2.24) is 14.7 Å². The molecule has 1 saturated heterocycles. The molecule has 1 aliphatic heterocycles. The van der Waals surface area contributed by atoms with Crippen LogP contribution in [0.15, 0.2) is 29.3 Å². The summed E-state index contributed by atoms with van der Waals surface area (Å²) in [5.41, 5.74) is 2.25. The Bertz CT molecular complexity index is 653. The van der Waals surface area contributed by atoms with Crippen molar-refractivity contribution in [2.45, 2.75) is 45.9 Å². The number of furan rings is 1. The highest BCUT2D eigenvalue weighted by molar-refractivity contribution is 5.23. The van der Waals surface area contributed by atoms with Crippen LogP contribution in [0.1, 0.15) is 35.6 Å². The number of aryl methyl sites for hydroxylation is 2. The third kappa shape index (κ3) is 4.12. The summed E-state index contributed by atoms with van der Waals surface area (Å²) < 4.78 is 13.3. The van der Waals surface area contributed by atoms with E-state index < -0.39 is 0 Å². The van der Waals surface area contributed by atoms with Crippen molar-refractivity contribution in [2.75, 3.05) is 13.2 Å². The molecule has 2 aromatic heterocycles. The molecule has 1 unspecified atom stereocenters. The standard InChI is InChI=1S/C18H25N3O2/c1-4-21-11-16(15(3)19-21)10-20(12-17-6-5-9-22-17)13-18-8-7-14(2)23-18/h4,7-8,11,17H,1,5-6,9-10,12-13H2,2-3H3. The molecule has 0 aromatic carbocycles. The van der Waals surface area contributed by atoms with Crippen molar-refractivity contribution in [3.8, 4) is 0 Å². The maximum Gasteiger partial charge on any atom is 0.118 e. The molecule has 0 radical (unpaired) electrons. The van der Waals surface area contributed by atoms with Gasteiger partial charge in [-0.15, -0.1) is 0 Å². The van der Waals surface area contributed by atoms with Gasteiger partial charge in [0.1, 0.15) is 11.5 Å². The fraction of sp³-hybridized carbons (Fsp3) is 0.500. The first-order chi connectivity index (χ1) is 11.1. The van der Waals surface area contributed by atoms with Crippen LogP contribution >= 0.6 is 0 Å². The number of hydrogen-bond donors (Lipinski definition) is 0. The molecule has 1 fully saturated rings. The van der Waals surface area contributed by atoms with Gasteiger partial charge in [-0.3, -0.25) is 4.90 Å². The molecule has 0 saturated carbocycles. The van der Waals surface area contributed by atoms with Crippen LogP contribution in [0.3, 0.4) is 0 Å². The summed E-state index contributed by atoms with van der Waals surface area (Å²) in [6, 6.07) is 4.07.